The van der Waals surface area contributed by atoms with Crippen molar-refractivity contribution in [1.29, 1.82) is 0 Å². The molecule has 0 saturated carbocycles. The van der Waals surface area contributed by atoms with Crippen molar-refractivity contribution in [2.75, 3.05) is 23.9 Å². The minimum atomic E-state index is -0.202. The van der Waals surface area contributed by atoms with E-state index < -0.39 is 0 Å². The average Bonchev–Trinajstić information content (AvgIpc) is 3.02. The first-order valence-electron chi connectivity index (χ1n) is 7.97. The van der Waals surface area contributed by atoms with Gasteiger partial charge < -0.3 is 15.0 Å². The van der Waals surface area contributed by atoms with Crippen LogP contribution in [-0.2, 0) is 16.1 Å². The van der Waals surface area contributed by atoms with Gasteiger partial charge >= 0.3 is 0 Å². The van der Waals surface area contributed by atoms with E-state index in [1.165, 1.54) is 0 Å². The normalized spacial score (nSPS) is 14.0. The van der Waals surface area contributed by atoms with Gasteiger partial charge in [0.05, 0.1) is 18.0 Å². The van der Waals surface area contributed by atoms with Gasteiger partial charge in [-0.15, -0.1) is 0 Å². The van der Waals surface area contributed by atoms with Gasteiger partial charge in [0.1, 0.15) is 0 Å². The zero-order valence-electron chi connectivity index (χ0n) is 13.6. The molecule has 1 heterocycles. The molecule has 0 aromatic heterocycles. The summed E-state index contributed by atoms with van der Waals surface area (Å²) >= 11 is 0. The second-order valence-electron chi connectivity index (χ2n) is 5.75. The number of carbonyl (C=O) groups is 2. The predicted molar refractivity (Wildman–Crippen MR) is 93.1 cm³/mol. The highest BCUT2D eigenvalue weighted by atomic mass is 16.5. The Morgan fingerprint density at radius 3 is 2.79 bits per heavy atom. The third-order valence-electron chi connectivity index (χ3n) is 4.02. The lowest BCUT2D eigenvalue weighted by atomic mass is 10.1. The number of para-hydroxylation sites is 2. The molecule has 124 valence electrons. The van der Waals surface area contributed by atoms with Crippen LogP contribution >= 0.6 is 0 Å². The first-order valence-corrected chi connectivity index (χ1v) is 7.97. The molecule has 0 atom stereocenters. The number of amides is 2. The molecule has 0 unspecified atom stereocenters. The molecule has 5 heteroatoms. The third-order valence-corrected chi connectivity index (χ3v) is 4.02. The minimum absolute atomic E-state index is 0.0961. The zero-order chi connectivity index (χ0) is 16.9. The number of hydrogen-bond acceptors (Lipinski definition) is 3. The summed E-state index contributed by atoms with van der Waals surface area (Å²) < 4.78 is 5.10. The van der Waals surface area contributed by atoms with Gasteiger partial charge in [-0.25, -0.2) is 0 Å². The lowest BCUT2D eigenvalue weighted by Gasteiger charge is -2.20. The predicted octanol–water partition coefficient (Wildman–Crippen LogP) is 3.21. The highest BCUT2D eigenvalue weighted by Crippen LogP contribution is 2.29. The number of ether oxygens (including phenoxy) is 1. The molecule has 2 amide bonds. The van der Waals surface area contributed by atoms with Crippen LogP contribution in [0, 0.1) is 0 Å². The number of anilines is 2. The maximum absolute atomic E-state index is 12.6. The zero-order valence-corrected chi connectivity index (χ0v) is 13.6. The maximum atomic E-state index is 12.6. The summed E-state index contributed by atoms with van der Waals surface area (Å²) in [5, 5.41) is 2.92. The van der Waals surface area contributed by atoms with Crippen molar-refractivity contribution in [3.05, 3.63) is 59.7 Å². The third kappa shape index (κ3) is 3.46. The van der Waals surface area contributed by atoms with E-state index in [4.69, 9.17) is 4.74 Å². The van der Waals surface area contributed by atoms with E-state index in [0.717, 1.165) is 17.7 Å². The summed E-state index contributed by atoms with van der Waals surface area (Å²) in [6, 6.07) is 14.7. The van der Waals surface area contributed by atoms with Crippen LogP contribution in [0.4, 0.5) is 11.4 Å². The summed E-state index contributed by atoms with van der Waals surface area (Å²) in [5.74, 6) is -0.106. The van der Waals surface area contributed by atoms with Crippen LogP contribution < -0.4 is 10.2 Å². The van der Waals surface area contributed by atoms with Gasteiger partial charge in [0.25, 0.3) is 5.91 Å². The Kier molecular flexibility index (Phi) is 4.91. The molecule has 1 N–H and O–H groups in total. The number of carbonyl (C=O) groups excluding carboxylic acids is 2. The molecule has 5 nitrogen and oxygen atoms in total. The second-order valence-corrected chi connectivity index (χ2v) is 5.75. The molecule has 1 fully saturated rings. The molecule has 0 radical (unpaired) electrons. The van der Waals surface area contributed by atoms with Crippen LogP contribution in [0.5, 0.6) is 0 Å². The molecular weight excluding hydrogens is 304 g/mol. The molecule has 2 aromatic carbocycles. The minimum Gasteiger partial charge on any atom is -0.380 e. The number of benzene rings is 2. The first-order chi connectivity index (χ1) is 11.7. The second kappa shape index (κ2) is 7.27. The Labute approximate surface area is 141 Å². The summed E-state index contributed by atoms with van der Waals surface area (Å²) in [6.07, 6.45) is 1.40. The van der Waals surface area contributed by atoms with Crippen LogP contribution in [0.15, 0.2) is 48.5 Å². The molecular formula is C19H20N2O3. The highest BCUT2D eigenvalue weighted by molar-refractivity contribution is 6.08. The number of nitrogens with one attached hydrogen (secondary N) is 1. The van der Waals surface area contributed by atoms with Crippen LogP contribution in [-0.4, -0.2) is 25.5 Å². The van der Waals surface area contributed by atoms with E-state index in [2.05, 4.69) is 5.32 Å². The van der Waals surface area contributed by atoms with Crippen molar-refractivity contribution in [3.63, 3.8) is 0 Å². The molecule has 24 heavy (non-hydrogen) atoms. The van der Waals surface area contributed by atoms with Gasteiger partial charge in [-0.2, -0.15) is 0 Å². The lowest BCUT2D eigenvalue weighted by Crippen LogP contribution is -2.25. The molecule has 0 aliphatic carbocycles. The van der Waals surface area contributed by atoms with Gasteiger partial charge in [-0.3, -0.25) is 9.59 Å². The van der Waals surface area contributed by atoms with Crippen molar-refractivity contribution in [1.82, 2.24) is 0 Å². The van der Waals surface area contributed by atoms with E-state index in [-0.39, 0.29) is 11.8 Å². The Balaban J connectivity index is 1.82. The molecule has 1 aliphatic heterocycles. The Hall–Kier alpha value is -2.66. The van der Waals surface area contributed by atoms with E-state index >= 15 is 0 Å². The Bertz CT molecular complexity index is 758. The average molecular weight is 324 g/mol. The smallest absolute Gasteiger partial charge is 0.255 e. The summed E-state index contributed by atoms with van der Waals surface area (Å²) in [7, 11) is 1.62. The quantitative estimate of drug-likeness (QED) is 0.919. The van der Waals surface area contributed by atoms with E-state index in [1.54, 1.807) is 18.1 Å². The van der Waals surface area contributed by atoms with E-state index in [0.29, 0.717) is 30.8 Å². The number of rotatable bonds is 5. The van der Waals surface area contributed by atoms with E-state index in [1.807, 2.05) is 42.5 Å². The SMILES string of the molecule is COCc1cccc(C(=O)Nc2ccccc2N2CCCC2=O)c1. The molecule has 0 bridgehead atoms. The summed E-state index contributed by atoms with van der Waals surface area (Å²) in [5.41, 5.74) is 2.90. The molecule has 1 saturated heterocycles. The van der Waals surface area contributed by atoms with Gasteiger partial charge in [0, 0.05) is 25.6 Å². The number of hydrogen-bond donors (Lipinski definition) is 1. The molecule has 1 aliphatic rings. The fourth-order valence-corrected chi connectivity index (χ4v) is 2.88. The summed E-state index contributed by atoms with van der Waals surface area (Å²) in [6.45, 7) is 1.15. The monoisotopic (exact) mass is 324 g/mol. The van der Waals surface area contributed by atoms with Crippen molar-refractivity contribution in [3.8, 4) is 0 Å². The summed E-state index contributed by atoms with van der Waals surface area (Å²) in [4.78, 5) is 26.3. The van der Waals surface area contributed by atoms with Crippen LogP contribution in [0.1, 0.15) is 28.8 Å². The fourth-order valence-electron chi connectivity index (χ4n) is 2.88. The standard InChI is InChI=1S/C19H20N2O3/c1-24-13-14-6-4-7-15(12-14)19(23)20-16-8-2-3-9-17(16)21-11-5-10-18(21)22/h2-4,6-9,12H,5,10-11,13H2,1H3,(H,20,23). The van der Waals surface area contributed by atoms with Crippen LogP contribution in [0.25, 0.3) is 0 Å². The van der Waals surface area contributed by atoms with Gasteiger partial charge in [0.2, 0.25) is 5.91 Å². The van der Waals surface area contributed by atoms with Crippen LogP contribution in [0.3, 0.4) is 0 Å². The van der Waals surface area contributed by atoms with Crippen molar-refractivity contribution < 1.29 is 14.3 Å². The molecule has 3 rings (SSSR count). The van der Waals surface area contributed by atoms with Crippen LogP contribution in [0.2, 0.25) is 0 Å². The lowest BCUT2D eigenvalue weighted by molar-refractivity contribution is -0.117. The van der Waals surface area contributed by atoms with Crippen molar-refractivity contribution >= 4 is 23.2 Å². The Morgan fingerprint density at radius 1 is 1.21 bits per heavy atom. The number of nitrogens with zero attached hydrogens (tertiary/aromatic N) is 1. The van der Waals surface area contributed by atoms with Crippen molar-refractivity contribution in [2.24, 2.45) is 0 Å². The topological polar surface area (TPSA) is 58.6 Å². The number of methoxy groups -OCH3 is 1. The van der Waals surface area contributed by atoms with Gasteiger partial charge in [-0.05, 0) is 36.2 Å². The largest absolute Gasteiger partial charge is 0.380 e. The first kappa shape index (κ1) is 16.2. The van der Waals surface area contributed by atoms with Gasteiger partial charge in [-0.1, -0.05) is 24.3 Å². The molecule has 0 spiro atoms. The Morgan fingerprint density at radius 2 is 2.04 bits per heavy atom. The fraction of sp³-hybridized carbons (Fsp3) is 0.263. The molecule has 2 aromatic rings. The highest BCUT2D eigenvalue weighted by Gasteiger charge is 2.24. The van der Waals surface area contributed by atoms with Crippen molar-refractivity contribution in [2.45, 2.75) is 19.4 Å². The maximum Gasteiger partial charge on any atom is 0.255 e. The van der Waals surface area contributed by atoms with Gasteiger partial charge in [0.15, 0.2) is 0 Å². The van der Waals surface area contributed by atoms with E-state index in [9.17, 15) is 9.59 Å².